The number of hydrogen-bond donors (Lipinski definition) is 0. The number of anilines is 1. The largest absolute Gasteiger partial charge is 0.344 e. The van der Waals surface area contributed by atoms with Gasteiger partial charge in [-0.2, -0.15) is 0 Å². The summed E-state index contributed by atoms with van der Waals surface area (Å²) >= 11 is 0. The molecule has 1 aliphatic carbocycles. The van der Waals surface area contributed by atoms with Gasteiger partial charge in [0, 0.05) is 23.4 Å². The van der Waals surface area contributed by atoms with E-state index in [0.29, 0.717) is 5.92 Å². The number of benzene rings is 2. The van der Waals surface area contributed by atoms with Crippen molar-refractivity contribution in [2.45, 2.75) is 58.6 Å². The van der Waals surface area contributed by atoms with Gasteiger partial charge in [0.1, 0.15) is 6.17 Å². The highest BCUT2D eigenvalue weighted by Gasteiger charge is 2.45. The van der Waals surface area contributed by atoms with E-state index in [-0.39, 0.29) is 6.17 Å². The summed E-state index contributed by atoms with van der Waals surface area (Å²) < 4.78 is 18.1. The Morgan fingerprint density at radius 1 is 0.923 bits per heavy atom. The number of aryl methyl sites for hydroxylation is 1. The molecule has 5 rings (SSSR count). The van der Waals surface area contributed by atoms with Crippen LogP contribution in [0.25, 0.3) is 5.70 Å². The monoisotopic (exact) mass is 346 g/mol. The van der Waals surface area contributed by atoms with Crippen molar-refractivity contribution < 1.29 is 2.74 Å². The van der Waals surface area contributed by atoms with Crippen molar-refractivity contribution in [1.29, 1.82) is 0 Å². The van der Waals surface area contributed by atoms with Gasteiger partial charge in [-0.15, -0.1) is 0 Å². The van der Waals surface area contributed by atoms with E-state index in [1.165, 1.54) is 49.1 Å². The van der Waals surface area contributed by atoms with Crippen molar-refractivity contribution in [3.8, 4) is 0 Å². The fourth-order valence-electron chi connectivity index (χ4n) is 5.11. The molecule has 2 heterocycles. The molecule has 2 heteroatoms. The van der Waals surface area contributed by atoms with Crippen molar-refractivity contribution in [1.82, 2.24) is 4.90 Å². The van der Waals surface area contributed by atoms with Crippen LogP contribution < -0.4 is 4.90 Å². The van der Waals surface area contributed by atoms with Crippen LogP contribution in [0.4, 0.5) is 5.69 Å². The second-order valence-corrected chi connectivity index (χ2v) is 7.93. The summed E-state index contributed by atoms with van der Waals surface area (Å²) in [6.45, 7) is 2.86. The Labute approximate surface area is 159 Å². The molecular weight excluding hydrogens is 316 g/mol. The highest BCUT2D eigenvalue weighted by molar-refractivity contribution is 5.81. The smallest absolute Gasteiger partial charge is 0.109 e. The standard InChI is InChI=1S/C24H28N2/c1-17-10-6-9-15-22(17)26-18(2)23-21-14-8-7-13-20(21)16-25(23)24(26)19-11-4-3-5-12-19/h6-10,13-15,19,24H,3-5,11-12,16H2,1-2H3/i16D2. The van der Waals surface area contributed by atoms with Crippen molar-refractivity contribution in [2.75, 3.05) is 4.90 Å². The van der Waals surface area contributed by atoms with Gasteiger partial charge in [0.2, 0.25) is 0 Å². The Balaban J connectivity index is 1.72. The van der Waals surface area contributed by atoms with Gasteiger partial charge in [-0.3, -0.25) is 0 Å². The molecule has 26 heavy (non-hydrogen) atoms. The van der Waals surface area contributed by atoms with Crippen molar-refractivity contribution in [3.63, 3.8) is 0 Å². The number of allylic oxidation sites excluding steroid dienone is 1. The topological polar surface area (TPSA) is 6.48 Å². The van der Waals surface area contributed by atoms with Gasteiger partial charge >= 0.3 is 0 Å². The lowest BCUT2D eigenvalue weighted by Crippen LogP contribution is -2.45. The maximum absolute atomic E-state index is 9.07. The van der Waals surface area contributed by atoms with Crippen LogP contribution in [0.15, 0.2) is 54.2 Å². The van der Waals surface area contributed by atoms with E-state index in [2.05, 4.69) is 54.0 Å². The van der Waals surface area contributed by atoms with E-state index >= 15 is 0 Å². The molecule has 0 bridgehead atoms. The summed E-state index contributed by atoms with van der Waals surface area (Å²) in [5.41, 5.74) is 6.60. The number of rotatable bonds is 2. The molecule has 2 aromatic rings. The first kappa shape index (κ1) is 13.9. The summed E-state index contributed by atoms with van der Waals surface area (Å²) in [6.07, 6.45) is 6.20. The van der Waals surface area contributed by atoms with E-state index < -0.39 is 6.50 Å². The van der Waals surface area contributed by atoms with Gasteiger partial charge in [0.25, 0.3) is 0 Å². The molecule has 1 saturated carbocycles. The molecular formula is C24H28N2. The lowest BCUT2D eigenvalue weighted by atomic mass is 9.86. The predicted octanol–water partition coefficient (Wildman–Crippen LogP) is 5.93. The van der Waals surface area contributed by atoms with Crippen molar-refractivity contribution >= 4 is 11.4 Å². The molecule has 0 amide bonds. The zero-order valence-electron chi connectivity index (χ0n) is 17.7. The third-order valence-corrected chi connectivity index (χ3v) is 6.34. The molecule has 1 fully saturated rings. The van der Waals surface area contributed by atoms with Crippen molar-refractivity contribution in [3.05, 3.63) is 70.9 Å². The number of fused-ring (bicyclic) bond motifs is 3. The minimum atomic E-state index is -1.48. The third-order valence-electron chi connectivity index (χ3n) is 6.34. The highest BCUT2D eigenvalue weighted by Crippen LogP contribution is 2.49. The molecule has 0 saturated heterocycles. The number of nitrogens with zero attached hydrogens (tertiary/aromatic N) is 2. The minimum absolute atomic E-state index is 0.0406. The number of hydrogen-bond acceptors (Lipinski definition) is 2. The molecule has 134 valence electrons. The molecule has 1 atom stereocenters. The lowest BCUT2D eigenvalue weighted by Gasteiger charge is -2.41. The number of para-hydroxylation sites is 1. The van der Waals surface area contributed by atoms with E-state index in [0.717, 1.165) is 16.8 Å². The van der Waals surface area contributed by atoms with Gasteiger partial charge < -0.3 is 9.80 Å². The van der Waals surface area contributed by atoms with Crippen LogP contribution in [0.3, 0.4) is 0 Å². The van der Waals surface area contributed by atoms with Crippen LogP contribution in [0.5, 0.6) is 0 Å². The SMILES string of the molecule is [2H]C1([2H])c2ccccc2C2=C(C)N(c3ccccc3C)C(C3CCCCC3)N21. The normalized spacial score (nSPS) is 25.8. The molecule has 0 aromatic heterocycles. The van der Waals surface area contributed by atoms with Crippen LogP contribution in [-0.2, 0) is 6.50 Å². The Hall–Kier alpha value is -2.22. The molecule has 3 aliphatic rings. The summed E-state index contributed by atoms with van der Waals surface area (Å²) in [4.78, 5) is 4.55. The highest BCUT2D eigenvalue weighted by atomic mass is 15.4. The second kappa shape index (κ2) is 6.19. The van der Waals surface area contributed by atoms with Crippen LogP contribution in [0.1, 0.15) is 58.5 Å². The third kappa shape index (κ3) is 2.31. The van der Waals surface area contributed by atoms with Crippen molar-refractivity contribution in [2.24, 2.45) is 5.92 Å². The Kier molecular flexibility index (Phi) is 3.31. The van der Waals surface area contributed by atoms with Crippen LogP contribution in [0, 0.1) is 12.8 Å². The maximum Gasteiger partial charge on any atom is 0.109 e. The minimum Gasteiger partial charge on any atom is -0.344 e. The zero-order chi connectivity index (χ0) is 19.5. The molecule has 2 nitrogen and oxygen atoms in total. The Morgan fingerprint density at radius 2 is 1.65 bits per heavy atom. The van der Waals surface area contributed by atoms with Gasteiger partial charge in [0.05, 0.1) is 8.44 Å². The quantitative estimate of drug-likeness (QED) is 0.665. The molecule has 1 unspecified atom stereocenters. The van der Waals surface area contributed by atoms with Crippen LogP contribution in [0.2, 0.25) is 0 Å². The van der Waals surface area contributed by atoms with E-state index in [1.54, 1.807) is 0 Å². The zero-order valence-corrected chi connectivity index (χ0v) is 15.7. The summed E-state index contributed by atoms with van der Waals surface area (Å²) in [6, 6.07) is 16.6. The molecule has 0 radical (unpaired) electrons. The first-order valence-corrected chi connectivity index (χ1v) is 9.97. The van der Waals surface area contributed by atoms with E-state index in [4.69, 9.17) is 2.74 Å². The fourth-order valence-corrected chi connectivity index (χ4v) is 5.11. The summed E-state index contributed by atoms with van der Waals surface area (Å²) in [5.74, 6) is 0.477. The van der Waals surface area contributed by atoms with Crippen LogP contribution in [-0.4, -0.2) is 11.1 Å². The first-order valence-electron chi connectivity index (χ1n) is 11.0. The van der Waals surface area contributed by atoms with E-state index in [1.807, 2.05) is 18.2 Å². The average Bonchev–Trinajstić information content (AvgIpc) is 3.14. The molecule has 0 N–H and O–H groups in total. The van der Waals surface area contributed by atoms with Crippen LogP contribution >= 0.6 is 0 Å². The van der Waals surface area contributed by atoms with Gasteiger partial charge in [-0.05, 0) is 49.8 Å². The Bertz CT molecular complexity index is 943. The average molecular weight is 347 g/mol. The summed E-state index contributed by atoms with van der Waals surface area (Å²) in [7, 11) is 0. The molecule has 0 spiro atoms. The molecule has 2 aliphatic heterocycles. The van der Waals surface area contributed by atoms with Gasteiger partial charge in [0.15, 0.2) is 0 Å². The second-order valence-electron chi connectivity index (χ2n) is 7.93. The van der Waals surface area contributed by atoms with Gasteiger partial charge in [-0.1, -0.05) is 61.7 Å². The maximum atomic E-state index is 9.07. The fraction of sp³-hybridized carbons (Fsp3) is 0.417. The lowest BCUT2D eigenvalue weighted by molar-refractivity contribution is 0.188. The van der Waals surface area contributed by atoms with Gasteiger partial charge in [-0.25, -0.2) is 0 Å². The predicted molar refractivity (Wildman–Crippen MR) is 109 cm³/mol. The first-order chi connectivity index (χ1) is 13.5. The Morgan fingerprint density at radius 3 is 2.46 bits per heavy atom. The molecule has 2 aromatic carbocycles. The van der Waals surface area contributed by atoms with E-state index in [9.17, 15) is 0 Å². The summed E-state index contributed by atoms with van der Waals surface area (Å²) in [5, 5.41) is 0.